The molecule has 0 bridgehead atoms. The van der Waals surface area contributed by atoms with Gasteiger partial charge >= 0.3 is 17.9 Å². The van der Waals surface area contributed by atoms with Gasteiger partial charge in [0, 0.05) is 19.3 Å². The Balaban J connectivity index is 4.31. The summed E-state index contributed by atoms with van der Waals surface area (Å²) in [6.45, 7) is 13.7. The summed E-state index contributed by atoms with van der Waals surface area (Å²) in [5, 5.41) is 0. The van der Waals surface area contributed by atoms with E-state index in [4.69, 9.17) is 14.2 Å². The van der Waals surface area contributed by atoms with E-state index in [0.29, 0.717) is 19.3 Å². The lowest BCUT2D eigenvalue weighted by molar-refractivity contribution is -0.167. The maximum Gasteiger partial charge on any atom is 0.306 e. The highest BCUT2D eigenvalue weighted by Crippen LogP contribution is 2.18. The van der Waals surface area contributed by atoms with E-state index in [1.165, 1.54) is 193 Å². The SMILES string of the molecule is CC(C)CCCCCCCCCCCCCCCC(=O)OC[C@@H](COC(=O)CCCCCCCCCCCCCCC(C)C)OC(=O)CCCCCCCCCCCCCC(C)C. The zero-order valence-corrected chi connectivity index (χ0v) is 43.4. The van der Waals surface area contributed by atoms with Crippen LogP contribution in [0.3, 0.4) is 0 Å². The Morgan fingerprint density at radius 3 is 0.683 bits per heavy atom. The molecule has 1 atom stereocenters. The number of hydrogen-bond donors (Lipinski definition) is 0. The highest BCUT2D eigenvalue weighted by molar-refractivity contribution is 5.71. The summed E-state index contributed by atoms with van der Waals surface area (Å²) >= 11 is 0. The molecule has 0 saturated carbocycles. The summed E-state index contributed by atoms with van der Waals surface area (Å²) in [7, 11) is 0. The molecule has 63 heavy (non-hydrogen) atoms. The number of ether oxygens (including phenoxy) is 3. The van der Waals surface area contributed by atoms with Crippen LogP contribution in [0.4, 0.5) is 0 Å². The van der Waals surface area contributed by atoms with E-state index < -0.39 is 6.10 Å². The predicted octanol–water partition coefficient (Wildman–Crippen LogP) is 18.3. The van der Waals surface area contributed by atoms with Gasteiger partial charge in [-0.2, -0.15) is 0 Å². The molecule has 0 fully saturated rings. The van der Waals surface area contributed by atoms with E-state index in [9.17, 15) is 14.4 Å². The number of unbranched alkanes of at least 4 members (excludes halogenated alkanes) is 33. The molecule has 0 aliphatic heterocycles. The minimum absolute atomic E-state index is 0.0638. The zero-order chi connectivity index (χ0) is 46.3. The highest BCUT2D eigenvalue weighted by atomic mass is 16.6. The summed E-state index contributed by atoms with van der Waals surface area (Å²) in [5.41, 5.74) is 0. The number of hydrogen-bond acceptors (Lipinski definition) is 6. The van der Waals surface area contributed by atoms with Crippen LogP contribution in [0.5, 0.6) is 0 Å². The van der Waals surface area contributed by atoms with Crippen LogP contribution < -0.4 is 0 Å². The number of rotatable bonds is 50. The Labute approximate surface area is 393 Å². The molecule has 0 rings (SSSR count). The minimum atomic E-state index is -0.763. The van der Waals surface area contributed by atoms with Gasteiger partial charge < -0.3 is 14.2 Å². The van der Waals surface area contributed by atoms with Gasteiger partial charge in [-0.15, -0.1) is 0 Å². The van der Waals surface area contributed by atoms with Crippen LogP contribution in [0.1, 0.15) is 311 Å². The van der Waals surface area contributed by atoms with E-state index in [1.54, 1.807) is 0 Å². The molecule has 6 nitrogen and oxygen atoms in total. The van der Waals surface area contributed by atoms with Crippen LogP contribution in [0, 0.1) is 17.8 Å². The van der Waals surface area contributed by atoms with Crippen molar-refractivity contribution in [3.05, 3.63) is 0 Å². The molecule has 0 heterocycles. The van der Waals surface area contributed by atoms with Crippen molar-refractivity contribution in [1.82, 2.24) is 0 Å². The Hall–Kier alpha value is -1.59. The van der Waals surface area contributed by atoms with E-state index in [0.717, 1.165) is 75.5 Å². The third-order valence-electron chi connectivity index (χ3n) is 12.9. The van der Waals surface area contributed by atoms with Crippen molar-refractivity contribution in [1.29, 1.82) is 0 Å². The first kappa shape index (κ1) is 61.4. The Kier molecular flexibility index (Phi) is 47.1. The molecule has 0 aliphatic rings. The van der Waals surface area contributed by atoms with Gasteiger partial charge in [0.25, 0.3) is 0 Å². The van der Waals surface area contributed by atoms with Gasteiger partial charge in [-0.25, -0.2) is 0 Å². The smallest absolute Gasteiger partial charge is 0.306 e. The third kappa shape index (κ3) is 51.3. The molecule has 0 aromatic carbocycles. The first-order chi connectivity index (χ1) is 30.6. The quantitative estimate of drug-likeness (QED) is 0.0344. The highest BCUT2D eigenvalue weighted by Gasteiger charge is 2.19. The van der Waals surface area contributed by atoms with E-state index in [1.807, 2.05) is 0 Å². The van der Waals surface area contributed by atoms with Crippen LogP contribution in [0.2, 0.25) is 0 Å². The van der Waals surface area contributed by atoms with Gasteiger partial charge in [0.1, 0.15) is 13.2 Å². The minimum Gasteiger partial charge on any atom is -0.462 e. The standard InChI is InChI=1S/C57H110O6/c1-51(2)43-37-31-25-19-13-8-7-9-16-22-28-34-40-46-55(58)61-49-54(63-57(60)48-42-36-30-24-18-12-15-21-27-33-39-45-53(5)6)50-62-56(59)47-41-35-29-23-17-11-10-14-20-26-32-38-44-52(3)4/h51-54H,7-50H2,1-6H3/t54-/m0/s1. The number of esters is 3. The lowest BCUT2D eigenvalue weighted by Gasteiger charge is -2.18. The van der Waals surface area contributed by atoms with Crippen molar-refractivity contribution in [3.8, 4) is 0 Å². The Bertz CT molecular complexity index is 976. The molecule has 0 aliphatic carbocycles. The Morgan fingerprint density at radius 2 is 0.460 bits per heavy atom. The molecular weight excluding hydrogens is 781 g/mol. The molecule has 0 unspecified atom stereocenters. The summed E-state index contributed by atoms with van der Waals surface area (Å²) in [6.07, 6.45) is 49.5. The molecule has 0 amide bonds. The first-order valence-corrected chi connectivity index (χ1v) is 28.1. The van der Waals surface area contributed by atoms with Crippen molar-refractivity contribution >= 4 is 17.9 Å². The average Bonchev–Trinajstić information content (AvgIpc) is 3.24. The van der Waals surface area contributed by atoms with Gasteiger partial charge in [0.15, 0.2) is 6.10 Å². The number of carbonyl (C=O) groups is 3. The lowest BCUT2D eigenvalue weighted by Crippen LogP contribution is -2.30. The molecule has 0 aromatic heterocycles. The van der Waals surface area contributed by atoms with E-state index in [2.05, 4.69) is 41.5 Å². The zero-order valence-electron chi connectivity index (χ0n) is 43.4. The molecule has 6 heteroatoms. The van der Waals surface area contributed by atoms with Gasteiger partial charge in [0.2, 0.25) is 0 Å². The maximum atomic E-state index is 12.8. The van der Waals surface area contributed by atoms with Crippen LogP contribution in [0.15, 0.2) is 0 Å². The second kappa shape index (κ2) is 48.3. The molecule has 0 N–H and O–H groups in total. The van der Waals surface area contributed by atoms with Crippen LogP contribution in [0.25, 0.3) is 0 Å². The van der Waals surface area contributed by atoms with Crippen LogP contribution in [-0.2, 0) is 28.6 Å². The molecular formula is C57H110O6. The topological polar surface area (TPSA) is 78.9 Å². The largest absolute Gasteiger partial charge is 0.462 e. The van der Waals surface area contributed by atoms with E-state index >= 15 is 0 Å². The van der Waals surface area contributed by atoms with Crippen molar-refractivity contribution in [2.75, 3.05) is 13.2 Å². The van der Waals surface area contributed by atoms with E-state index in [-0.39, 0.29) is 31.1 Å². The van der Waals surface area contributed by atoms with Crippen LogP contribution >= 0.6 is 0 Å². The fourth-order valence-corrected chi connectivity index (χ4v) is 8.65. The molecule has 0 saturated heterocycles. The summed E-state index contributed by atoms with van der Waals surface area (Å²) in [5.74, 6) is 1.65. The summed E-state index contributed by atoms with van der Waals surface area (Å²) in [6, 6.07) is 0. The second-order valence-electron chi connectivity index (χ2n) is 21.0. The monoisotopic (exact) mass is 891 g/mol. The Morgan fingerprint density at radius 1 is 0.270 bits per heavy atom. The summed E-state index contributed by atoms with van der Waals surface area (Å²) in [4.78, 5) is 38.1. The van der Waals surface area contributed by atoms with Crippen LogP contribution in [-0.4, -0.2) is 37.2 Å². The first-order valence-electron chi connectivity index (χ1n) is 28.1. The summed E-state index contributed by atoms with van der Waals surface area (Å²) < 4.78 is 16.9. The molecule has 374 valence electrons. The van der Waals surface area contributed by atoms with Gasteiger partial charge in [-0.1, -0.05) is 273 Å². The maximum absolute atomic E-state index is 12.8. The van der Waals surface area contributed by atoms with Gasteiger partial charge in [0.05, 0.1) is 0 Å². The predicted molar refractivity (Wildman–Crippen MR) is 270 cm³/mol. The average molecular weight is 892 g/mol. The van der Waals surface area contributed by atoms with Crippen molar-refractivity contribution in [3.63, 3.8) is 0 Å². The van der Waals surface area contributed by atoms with Crippen molar-refractivity contribution < 1.29 is 28.6 Å². The molecule has 0 radical (unpaired) electrons. The fraction of sp³-hybridized carbons (Fsp3) is 0.947. The van der Waals surface area contributed by atoms with Crippen molar-refractivity contribution in [2.45, 2.75) is 317 Å². The number of carbonyl (C=O) groups excluding carboxylic acids is 3. The third-order valence-corrected chi connectivity index (χ3v) is 12.9. The fourth-order valence-electron chi connectivity index (χ4n) is 8.65. The van der Waals surface area contributed by atoms with Gasteiger partial charge in [-0.3, -0.25) is 14.4 Å². The second-order valence-corrected chi connectivity index (χ2v) is 21.0. The lowest BCUT2D eigenvalue weighted by atomic mass is 10.0. The van der Waals surface area contributed by atoms with Crippen molar-refractivity contribution in [2.24, 2.45) is 17.8 Å². The molecule has 0 aromatic rings. The molecule has 0 spiro atoms. The van der Waals surface area contributed by atoms with Gasteiger partial charge in [-0.05, 0) is 37.0 Å². The normalized spacial score (nSPS) is 12.1.